The minimum absolute atomic E-state index is 0.0803. The fourth-order valence-electron chi connectivity index (χ4n) is 2.03. The number of carbonyl (C=O) groups is 1. The third-order valence-electron chi connectivity index (χ3n) is 2.90. The van der Waals surface area contributed by atoms with Gasteiger partial charge in [-0.05, 0) is 18.2 Å². The smallest absolute Gasteiger partial charge is 0.317 e. The van der Waals surface area contributed by atoms with Crippen LogP contribution in [-0.2, 0) is 4.79 Å². The molecule has 1 aliphatic rings. The van der Waals surface area contributed by atoms with Gasteiger partial charge in [0.1, 0.15) is 5.82 Å². The summed E-state index contributed by atoms with van der Waals surface area (Å²) in [5.41, 5.74) is 0.861. The van der Waals surface area contributed by atoms with Crippen molar-refractivity contribution in [3.63, 3.8) is 0 Å². The molecule has 2 rings (SSSR count). The van der Waals surface area contributed by atoms with Crippen molar-refractivity contribution < 1.29 is 14.3 Å². The van der Waals surface area contributed by atoms with Gasteiger partial charge >= 0.3 is 5.97 Å². The number of carboxylic acids is 1. The van der Waals surface area contributed by atoms with E-state index in [1.165, 1.54) is 12.1 Å². The topological polar surface area (TPSA) is 43.8 Å². The van der Waals surface area contributed by atoms with Gasteiger partial charge in [0.2, 0.25) is 0 Å². The molecule has 0 aliphatic carbocycles. The molecule has 1 saturated heterocycles. The number of aliphatic carboxylic acids is 1. The van der Waals surface area contributed by atoms with E-state index in [1.807, 2.05) is 11.0 Å². The van der Waals surface area contributed by atoms with E-state index in [9.17, 15) is 9.18 Å². The summed E-state index contributed by atoms with van der Waals surface area (Å²) in [6, 6.07) is 6.49. The van der Waals surface area contributed by atoms with Crippen molar-refractivity contribution in [3.8, 4) is 0 Å². The zero-order chi connectivity index (χ0) is 12.3. The van der Waals surface area contributed by atoms with Crippen LogP contribution in [0.15, 0.2) is 24.3 Å². The number of hydrogen-bond donors (Lipinski definition) is 1. The molecule has 0 bridgehead atoms. The van der Waals surface area contributed by atoms with E-state index < -0.39 is 5.97 Å². The number of piperazine rings is 1. The van der Waals surface area contributed by atoms with Crippen LogP contribution in [0.4, 0.5) is 10.1 Å². The van der Waals surface area contributed by atoms with E-state index in [4.69, 9.17) is 5.11 Å². The Morgan fingerprint density at radius 2 is 2.00 bits per heavy atom. The lowest BCUT2D eigenvalue weighted by Crippen LogP contribution is -2.48. The summed E-state index contributed by atoms with van der Waals surface area (Å²) in [5.74, 6) is -1.04. The predicted octanol–water partition coefficient (Wildman–Crippen LogP) is 1.03. The molecule has 1 aromatic rings. The Morgan fingerprint density at radius 1 is 1.29 bits per heavy atom. The predicted molar refractivity (Wildman–Crippen MR) is 62.7 cm³/mol. The average molecular weight is 238 g/mol. The number of nitrogens with zero attached hydrogens (tertiary/aromatic N) is 2. The third-order valence-corrected chi connectivity index (χ3v) is 2.90. The summed E-state index contributed by atoms with van der Waals surface area (Å²) in [5, 5.41) is 8.68. The monoisotopic (exact) mass is 238 g/mol. The summed E-state index contributed by atoms with van der Waals surface area (Å²) < 4.78 is 13.1. The maximum atomic E-state index is 13.1. The van der Waals surface area contributed by atoms with Crippen molar-refractivity contribution >= 4 is 11.7 Å². The molecule has 5 heteroatoms. The summed E-state index contributed by atoms with van der Waals surface area (Å²) in [7, 11) is 0. The van der Waals surface area contributed by atoms with Crippen molar-refractivity contribution in [2.24, 2.45) is 0 Å². The Labute approximate surface area is 99.3 Å². The highest BCUT2D eigenvalue weighted by Gasteiger charge is 2.18. The summed E-state index contributed by atoms with van der Waals surface area (Å²) >= 11 is 0. The molecule has 1 heterocycles. The SMILES string of the molecule is O=C(O)CN1CCN(c2cccc(F)c2)CC1. The average Bonchev–Trinajstić information content (AvgIpc) is 2.29. The van der Waals surface area contributed by atoms with Crippen LogP contribution in [0.25, 0.3) is 0 Å². The van der Waals surface area contributed by atoms with E-state index in [-0.39, 0.29) is 12.4 Å². The molecule has 0 spiro atoms. The first-order valence-corrected chi connectivity index (χ1v) is 5.60. The number of benzene rings is 1. The molecule has 1 aromatic carbocycles. The van der Waals surface area contributed by atoms with Crippen LogP contribution in [0.3, 0.4) is 0 Å². The van der Waals surface area contributed by atoms with Gasteiger partial charge < -0.3 is 10.0 Å². The zero-order valence-electron chi connectivity index (χ0n) is 9.47. The first kappa shape index (κ1) is 11.9. The standard InChI is InChI=1S/C12H15FN2O2/c13-10-2-1-3-11(8-10)15-6-4-14(5-7-15)9-12(16)17/h1-3,8H,4-7,9H2,(H,16,17). The van der Waals surface area contributed by atoms with Crippen LogP contribution in [0.1, 0.15) is 0 Å². The van der Waals surface area contributed by atoms with Crippen molar-refractivity contribution in [2.75, 3.05) is 37.6 Å². The Morgan fingerprint density at radius 3 is 2.59 bits per heavy atom. The van der Waals surface area contributed by atoms with Crippen LogP contribution >= 0.6 is 0 Å². The Hall–Kier alpha value is -1.62. The number of halogens is 1. The van der Waals surface area contributed by atoms with E-state index in [2.05, 4.69) is 4.90 Å². The van der Waals surface area contributed by atoms with E-state index in [1.54, 1.807) is 6.07 Å². The molecule has 0 saturated carbocycles. The molecule has 0 aromatic heterocycles. The normalized spacial score (nSPS) is 17.1. The van der Waals surface area contributed by atoms with Gasteiger partial charge in [-0.2, -0.15) is 0 Å². The molecule has 0 atom stereocenters. The number of carboxylic acid groups (broad SMARTS) is 1. The molecule has 0 radical (unpaired) electrons. The molecule has 1 fully saturated rings. The molecular formula is C12H15FN2O2. The van der Waals surface area contributed by atoms with Crippen molar-refractivity contribution in [3.05, 3.63) is 30.1 Å². The molecule has 0 unspecified atom stereocenters. The molecule has 4 nitrogen and oxygen atoms in total. The van der Waals surface area contributed by atoms with Crippen LogP contribution in [-0.4, -0.2) is 48.7 Å². The molecule has 92 valence electrons. The van der Waals surface area contributed by atoms with Gasteiger partial charge in [0.15, 0.2) is 0 Å². The van der Waals surface area contributed by atoms with Crippen LogP contribution in [0, 0.1) is 5.82 Å². The second-order valence-corrected chi connectivity index (χ2v) is 4.14. The zero-order valence-corrected chi connectivity index (χ0v) is 9.47. The summed E-state index contributed by atoms with van der Waals surface area (Å²) in [6.45, 7) is 2.94. The summed E-state index contributed by atoms with van der Waals surface area (Å²) in [6.07, 6.45) is 0. The largest absolute Gasteiger partial charge is 0.480 e. The minimum Gasteiger partial charge on any atom is -0.480 e. The second-order valence-electron chi connectivity index (χ2n) is 4.14. The van der Waals surface area contributed by atoms with Gasteiger partial charge in [0, 0.05) is 31.9 Å². The fourth-order valence-corrected chi connectivity index (χ4v) is 2.03. The van der Waals surface area contributed by atoms with Gasteiger partial charge in [-0.25, -0.2) is 4.39 Å². The lowest BCUT2D eigenvalue weighted by molar-refractivity contribution is -0.138. The molecular weight excluding hydrogens is 223 g/mol. The Bertz CT molecular complexity index is 403. The highest BCUT2D eigenvalue weighted by Crippen LogP contribution is 2.17. The van der Waals surface area contributed by atoms with Gasteiger partial charge in [0.05, 0.1) is 6.54 Å². The lowest BCUT2D eigenvalue weighted by Gasteiger charge is -2.35. The Balaban J connectivity index is 1.93. The number of anilines is 1. The molecule has 1 aliphatic heterocycles. The summed E-state index contributed by atoms with van der Waals surface area (Å²) in [4.78, 5) is 14.5. The Kier molecular flexibility index (Phi) is 3.58. The van der Waals surface area contributed by atoms with Gasteiger partial charge in [0.25, 0.3) is 0 Å². The number of hydrogen-bond acceptors (Lipinski definition) is 3. The van der Waals surface area contributed by atoms with Crippen molar-refractivity contribution in [2.45, 2.75) is 0 Å². The third kappa shape index (κ3) is 3.17. The van der Waals surface area contributed by atoms with Crippen LogP contribution in [0.5, 0.6) is 0 Å². The van der Waals surface area contributed by atoms with Gasteiger partial charge in [-0.3, -0.25) is 9.69 Å². The quantitative estimate of drug-likeness (QED) is 0.854. The highest BCUT2D eigenvalue weighted by molar-refractivity contribution is 5.69. The van der Waals surface area contributed by atoms with Crippen molar-refractivity contribution in [1.82, 2.24) is 4.90 Å². The molecule has 17 heavy (non-hydrogen) atoms. The first-order chi connectivity index (χ1) is 8.15. The molecule has 1 N–H and O–H groups in total. The van der Waals surface area contributed by atoms with E-state index in [0.29, 0.717) is 13.1 Å². The maximum Gasteiger partial charge on any atom is 0.317 e. The van der Waals surface area contributed by atoms with Crippen LogP contribution < -0.4 is 4.90 Å². The fraction of sp³-hybridized carbons (Fsp3) is 0.417. The molecule has 0 amide bonds. The maximum absolute atomic E-state index is 13.1. The van der Waals surface area contributed by atoms with Gasteiger partial charge in [-0.15, -0.1) is 0 Å². The van der Waals surface area contributed by atoms with E-state index >= 15 is 0 Å². The highest BCUT2D eigenvalue weighted by atomic mass is 19.1. The van der Waals surface area contributed by atoms with Crippen LogP contribution in [0.2, 0.25) is 0 Å². The van der Waals surface area contributed by atoms with E-state index in [0.717, 1.165) is 18.8 Å². The number of rotatable bonds is 3. The van der Waals surface area contributed by atoms with Crippen molar-refractivity contribution in [1.29, 1.82) is 0 Å². The second kappa shape index (κ2) is 5.14. The van der Waals surface area contributed by atoms with Gasteiger partial charge in [-0.1, -0.05) is 6.07 Å². The first-order valence-electron chi connectivity index (χ1n) is 5.60. The lowest BCUT2D eigenvalue weighted by atomic mass is 10.2. The minimum atomic E-state index is -0.802.